The van der Waals surface area contributed by atoms with E-state index in [0.717, 1.165) is 15.3 Å². The van der Waals surface area contributed by atoms with Crippen molar-refractivity contribution in [3.8, 4) is 0 Å². The van der Waals surface area contributed by atoms with Gasteiger partial charge in [0.2, 0.25) is 0 Å². The molecule has 2 aromatic carbocycles. The fourth-order valence-corrected chi connectivity index (χ4v) is 4.49. The molecule has 0 N–H and O–H groups in total. The Hall–Kier alpha value is -2.43. The summed E-state index contributed by atoms with van der Waals surface area (Å²) in [6.07, 6.45) is 0.163. The summed E-state index contributed by atoms with van der Waals surface area (Å²) in [5.74, 6) is 0.427. The van der Waals surface area contributed by atoms with Crippen molar-refractivity contribution >= 4 is 41.8 Å². The van der Waals surface area contributed by atoms with Gasteiger partial charge in [-0.3, -0.25) is 0 Å². The Bertz CT molecular complexity index is 956. The summed E-state index contributed by atoms with van der Waals surface area (Å²) in [6, 6.07) is 16.8. The van der Waals surface area contributed by atoms with Crippen molar-refractivity contribution < 1.29 is 4.79 Å². The van der Waals surface area contributed by atoms with E-state index in [1.165, 1.54) is 5.01 Å². The molecule has 0 bridgehead atoms. The Morgan fingerprint density at radius 2 is 1.68 bits per heavy atom. The molecule has 0 radical (unpaired) electrons. The molecule has 0 saturated heterocycles. The molecule has 0 aliphatic carbocycles. The number of carbonyl (C=O) groups excluding carboxylic acids is 1. The number of para-hydroxylation sites is 1. The number of benzene rings is 2. The van der Waals surface area contributed by atoms with Crippen LogP contribution in [0.4, 0.5) is 5.69 Å². The Kier molecular flexibility index (Phi) is 3.06. The van der Waals surface area contributed by atoms with Crippen molar-refractivity contribution in [3.05, 3.63) is 65.0 Å². The molecule has 22 heavy (non-hydrogen) atoms. The normalized spacial score (nSPS) is 14.6. The Labute approximate surface area is 132 Å². The third kappa shape index (κ3) is 2.04. The van der Waals surface area contributed by atoms with E-state index in [9.17, 15) is 9.59 Å². The van der Waals surface area contributed by atoms with Crippen molar-refractivity contribution in [2.45, 2.75) is 6.42 Å². The van der Waals surface area contributed by atoms with Crippen LogP contribution in [0.3, 0.4) is 0 Å². The standard InChI is InChI=1S/C16H11N3O2Se/c20-15-10-14(17-18(15)11-6-2-1-3-7-11)19-16(21)12-8-4-5-9-13(12)22-19/h1-9H,10H2. The Morgan fingerprint density at radius 1 is 0.955 bits per heavy atom. The minimum absolute atomic E-state index is 0.0583. The zero-order valence-electron chi connectivity index (χ0n) is 11.5. The van der Waals surface area contributed by atoms with Gasteiger partial charge < -0.3 is 0 Å². The molecule has 0 spiro atoms. The van der Waals surface area contributed by atoms with Gasteiger partial charge in [0.25, 0.3) is 0 Å². The van der Waals surface area contributed by atoms with Crippen molar-refractivity contribution in [2.24, 2.45) is 5.10 Å². The van der Waals surface area contributed by atoms with Gasteiger partial charge in [0, 0.05) is 0 Å². The van der Waals surface area contributed by atoms with Crippen molar-refractivity contribution in [1.29, 1.82) is 0 Å². The van der Waals surface area contributed by atoms with Gasteiger partial charge in [-0.2, -0.15) is 0 Å². The Balaban J connectivity index is 1.81. The molecule has 108 valence electrons. The van der Waals surface area contributed by atoms with Crippen LogP contribution in [-0.4, -0.2) is 30.0 Å². The Morgan fingerprint density at radius 3 is 2.45 bits per heavy atom. The molecule has 5 nitrogen and oxygen atoms in total. The molecular formula is C16H11N3O2Se. The quantitative estimate of drug-likeness (QED) is 0.623. The number of carbonyl (C=O) groups is 1. The van der Waals surface area contributed by atoms with Crippen LogP contribution in [0.5, 0.6) is 0 Å². The van der Waals surface area contributed by atoms with Crippen LogP contribution >= 0.6 is 0 Å². The predicted molar refractivity (Wildman–Crippen MR) is 86.5 cm³/mol. The molecule has 0 unspecified atom stereocenters. The fourth-order valence-electron chi connectivity index (χ4n) is 2.44. The molecule has 0 saturated carbocycles. The summed E-state index contributed by atoms with van der Waals surface area (Å²) in [6.45, 7) is 0. The van der Waals surface area contributed by atoms with E-state index in [2.05, 4.69) is 5.10 Å². The maximum atomic E-state index is 12.5. The average molecular weight is 356 g/mol. The summed E-state index contributed by atoms with van der Waals surface area (Å²) >= 11 is -0.153. The number of anilines is 1. The second-order valence-corrected chi connectivity index (χ2v) is 6.99. The zero-order valence-corrected chi connectivity index (χ0v) is 13.2. The molecule has 2 heterocycles. The summed E-state index contributed by atoms with van der Waals surface area (Å²) in [4.78, 5) is 24.7. The zero-order chi connectivity index (χ0) is 15.1. The molecule has 0 atom stereocenters. The molecular weight excluding hydrogens is 345 g/mol. The van der Waals surface area contributed by atoms with Gasteiger partial charge in [0.15, 0.2) is 0 Å². The maximum absolute atomic E-state index is 12.5. The first-order chi connectivity index (χ1) is 10.7. The van der Waals surface area contributed by atoms with E-state index in [1.54, 1.807) is 3.56 Å². The second kappa shape index (κ2) is 5.09. The molecule has 3 aromatic rings. The monoisotopic (exact) mass is 357 g/mol. The third-order valence-corrected chi connectivity index (χ3v) is 5.82. The van der Waals surface area contributed by atoms with Gasteiger partial charge in [-0.05, 0) is 0 Å². The molecule has 1 amide bonds. The molecule has 0 fully saturated rings. The number of hydrogen-bond acceptors (Lipinski definition) is 3. The number of amides is 1. The van der Waals surface area contributed by atoms with Gasteiger partial charge in [-0.25, -0.2) is 0 Å². The fraction of sp³-hybridized carbons (Fsp3) is 0.0625. The third-order valence-electron chi connectivity index (χ3n) is 3.49. The minimum atomic E-state index is -0.153. The first-order valence-corrected chi connectivity index (χ1v) is 8.43. The van der Waals surface area contributed by atoms with Gasteiger partial charge in [0.1, 0.15) is 0 Å². The van der Waals surface area contributed by atoms with E-state index in [1.807, 2.05) is 54.6 Å². The van der Waals surface area contributed by atoms with Crippen LogP contribution in [0, 0.1) is 0 Å². The molecule has 4 rings (SSSR count). The predicted octanol–water partition coefficient (Wildman–Crippen LogP) is 1.66. The number of hydrazone groups is 1. The van der Waals surface area contributed by atoms with Gasteiger partial charge in [-0.1, -0.05) is 0 Å². The molecule has 1 aliphatic rings. The van der Waals surface area contributed by atoms with Crippen LogP contribution in [0.2, 0.25) is 0 Å². The summed E-state index contributed by atoms with van der Waals surface area (Å²) in [5.41, 5.74) is 0.663. The summed E-state index contributed by atoms with van der Waals surface area (Å²) in [7, 11) is 0. The van der Waals surface area contributed by atoms with Crippen molar-refractivity contribution in [3.63, 3.8) is 0 Å². The van der Waals surface area contributed by atoms with E-state index < -0.39 is 0 Å². The van der Waals surface area contributed by atoms with Crippen molar-refractivity contribution in [1.82, 2.24) is 3.56 Å². The van der Waals surface area contributed by atoms with Gasteiger partial charge in [0.05, 0.1) is 0 Å². The number of nitrogens with zero attached hydrogens (tertiary/aromatic N) is 3. The first kappa shape index (κ1) is 13.2. The van der Waals surface area contributed by atoms with Crippen LogP contribution in [-0.2, 0) is 4.79 Å². The van der Waals surface area contributed by atoms with Crippen LogP contribution in [0.25, 0.3) is 9.65 Å². The number of hydrogen-bond donors (Lipinski definition) is 0. The SMILES string of the molecule is O=C1CC(n2[se]c3ccccc3c2=O)=NN1c1ccccc1. The number of rotatable bonds is 1. The van der Waals surface area contributed by atoms with Crippen LogP contribution < -0.4 is 10.6 Å². The topological polar surface area (TPSA) is 54.7 Å². The number of aromatic nitrogens is 1. The van der Waals surface area contributed by atoms with Gasteiger partial charge >= 0.3 is 132 Å². The van der Waals surface area contributed by atoms with Crippen LogP contribution in [0.15, 0.2) is 64.5 Å². The van der Waals surface area contributed by atoms with Gasteiger partial charge in [-0.15, -0.1) is 0 Å². The number of fused-ring (bicyclic) bond motifs is 1. The molecule has 6 heteroatoms. The molecule has 1 aliphatic heterocycles. The van der Waals surface area contributed by atoms with Crippen molar-refractivity contribution in [2.75, 3.05) is 5.01 Å². The van der Waals surface area contributed by atoms with E-state index >= 15 is 0 Å². The van der Waals surface area contributed by atoms with E-state index in [-0.39, 0.29) is 32.6 Å². The second-order valence-electron chi connectivity index (χ2n) is 4.92. The molecule has 1 aromatic heterocycles. The van der Waals surface area contributed by atoms with E-state index in [4.69, 9.17) is 0 Å². The first-order valence-electron chi connectivity index (χ1n) is 6.81. The van der Waals surface area contributed by atoms with E-state index in [0.29, 0.717) is 5.84 Å². The average Bonchev–Trinajstić information content (AvgIpc) is 3.09. The summed E-state index contributed by atoms with van der Waals surface area (Å²) in [5, 5.41) is 6.47. The van der Waals surface area contributed by atoms with Crippen LogP contribution in [0.1, 0.15) is 6.42 Å². The summed E-state index contributed by atoms with van der Waals surface area (Å²) < 4.78 is 2.69.